The third-order valence-corrected chi connectivity index (χ3v) is 9.41. The SMILES string of the molecule is CC12C=CC(=O)NC1CCC1C2CC[C@]2(C)C(C(=O)Nc3cc(C(F)(F)F)ccc3C(F)(F)F)=CCC12. The number of carbonyl (C=O) groups excluding carboxylic acids is 2. The van der Waals surface area contributed by atoms with Crippen LogP contribution < -0.4 is 10.6 Å². The molecule has 0 spiro atoms. The molecular weight excluding hydrogens is 498 g/mol. The first-order valence-corrected chi connectivity index (χ1v) is 12.4. The van der Waals surface area contributed by atoms with E-state index in [1.54, 1.807) is 12.2 Å². The molecule has 5 rings (SSSR count). The molecule has 2 amide bonds. The van der Waals surface area contributed by atoms with Crippen molar-refractivity contribution >= 4 is 17.5 Å². The third-order valence-electron chi connectivity index (χ3n) is 9.41. The number of halogens is 6. The average molecular weight is 527 g/mol. The Hall–Kier alpha value is -2.78. The van der Waals surface area contributed by atoms with Crippen LogP contribution in [-0.4, -0.2) is 17.9 Å². The molecule has 0 aromatic heterocycles. The minimum Gasteiger partial charge on any atom is -0.349 e. The summed E-state index contributed by atoms with van der Waals surface area (Å²) >= 11 is 0. The van der Waals surface area contributed by atoms with Crippen LogP contribution >= 0.6 is 0 Å². The number of nitrogens with one attached hydrogen (secondary N) is 2. The van der Waals surface area contributed by atoms with E-state index in [2.05, 4.69) is 17.6 Å². The van der Waals surface area contributed by atoms with Crippen molar-refractivity contribution in [1.82, 2.24) is 5.32 Å². The summed E-state index contributed by atoms with van der Waals surface area (Å²) in [6.45, 7) is 4.09. The highest BCUT2D eigenvalue weighted by Gasteiger charge is 2.58. The van der Waals surface area contributed by atoms with E-state index in [1.807, 2.05) is 13.0 Å². The molecule has 0 saturated heterocycles. The predicted octanol–water partition coefficient (Wildman–Crippen LogP) is 6.50. The van der Waals surface area contributed by atoms with Gasteiger partial charge in [-0.25, -0.2) is 0 Å². The first-order valence-electron chi connectivity index (χ1n) is 12.4. The first kappa shape index (κ1) is 25.9. The number of hydrogen-bond donors (Lipinski definition) is 2. The van der Waals surface area contributed by atoms with Gasteiger partial charge in [0.1, 0.15) is 0 Å². The van der Waals surface area contributed by atoms with Gasteiger partial charge in [0, 0.05) is 22.4 Å². The Morgan fingerprint density at radius 2 is 1.76 bits per heavy atom. The van der Waals surface area contributed by atoms with Crippen molar-refractivity contribution in [3.05, 3.63) is 53.1 Å². The fraction of sp³-hybridized carbons (Fsp3) is 0.556. The van der Waals surface area contributed by atoms with Crippen LogP contribution in [-0.2, 0) is 21.9 Å². The first-order chi connectivity index (χ1) is 17.1. The van der Waals surface area contributed by atoms with Gasteiger partial charge in [0.25, 0.3) is 5.91 Å². The van der Waals surface area contributed by atoms with E-state index < -0.39 is 40.5 Å². The second-order valence-corrected chi connectivity index (χ2v) is 11.2. The lowest BCUT2D eigenvalue weighted by Crippen LogP contribution is -2.59. The zero-order valence-electron chi connectivity index (χ0n) is 20.4. The van der Waals surface area contributed by atoms with Crippen molar-refractivity contribution < 1.29 is 35.9 Å². The molecule has 1 heterocycles. The number of fused-ring (bicyclic) bond motifs is 5. The highest BCUT2D eigenvalue weighted by atomic mass is 19.4. The lowest BCUT2D eigenvalue weighted by molar-refractivity contribution is -0.141. The largest absolute Gasteiger partial charge is 0.418 e. The maximum absolute atomic E-state index is 13.6. The Morgan fingerprint density at radius 3 is 2.43 bits per heavy atom. The molecule has 2 saturated carbocycles. The molecule has 1 aromatic carbocycles. The summed E-state index contributed by atoms with van der Waals surface area (Å²) < 4.78 is 80.3. The quantitative estimate of drug-likeness (QED) is 0.433. The standard InChI is InChI=1S/C27H28F6N2O2/c1-24-11-9-17-15(4-8-21-25(17,2)12-10-22(36)35-21)16(24)6-7-19(24)23(37)34-20-13-14(26(28,29)30)3-5-18(20)27(31,32)33/h3,5,7,10,12-13,15-17,21H,4,6,8-9,11H2,1-2H3,(H,34,37)(H,35,36)/t15?,16?,17?,21?,24-,25?/m0/s1. The van der Waals surface area contributed by atoms with E-state index in [-0.39, 0.29) is 35.1 Å². The molecular formula is C27H28F6N2O2. The molecule has 6 atom stereocenters. The monoisotopic (exact) mass is 526 g/mol. The maximum atomic E-state index is 13.6. The van der Waals surface area contributed by atoms with Crippen LogP contribution in [0.15, 0.2) is 42.0 Å². The Kier molecular flexibility index (Phi) is 5.84. The van der Waals surface area contributed by atoms with Gasteiger partial charge in [-0.15, -0.1) is 0 Å². The van der Waals surface area contributed by atoms with Crippen LogP contribution in [0.2, 0.25) is 0 Å². The van der Waals surface area contributed by atoms with Crippen molar-refractivity contribution in [1.29, 1.82) is 0 Å². The molecule has 2 fully saturated rings. The fourth-order valence-corrected chi connectivity index (χ4v) is 7.51. The molecule has 10 heteroatoms. The summed E-state index contributed by atoms with van der Waals surface area (Å²) in [5.74, 6) is -0.286. The lowest BCUT2D eigenvalue weighted by Gasteiger charge is -2.58. The van der Waals surface area contributed by atoms with Gasteiger partial charge < -0.3 is 10.6 Å². The maximum Gasteiger partial charge on any atom is 0.418 e. The Morgan fingerprint density at radius 1 is 1.03 bits per heavy atom. The molecule has 4 aliphatic rings. The summed E-state index contributed by atoms with van der Waals surface area (Å²) in [6.07, 6.45) is -0.850. The number of rotatable bonds is 2. The highest BCUT2D eigenvalue weighted by molar-refractivity contribution is 6.05. The van der Waals surface area contributed by atoms with Crippen LogP contribution in [0.5, 0.6) is 0 Å². The predicted molar refractivity (Wildman–Crippen MR) is 124 cm³/mol. The van der Waals surface area contributed by atoms with E-state index in [1.165, 1.54) is 0 Å². The normalized spacial score (nSPS) is 35.1. The van der Waals surface area contributed by atoms with Crippen LogP contribution in [0.25, 0.3) is 0 Å². The average Bonchev–Trinajstić information content (AvgIpc) is 3.15. The topological polar surface area (TPSA) is 58.2 Å². The number of allylic oxidation sites excluding steroid dienone is 1. The van der Waals surface area contributed by atoms with Crippen molar-refractivity contribution in [3.63, 3.8) is 0 Å². The molecule has 0 radical (unpaired) electrons. The molecule has 1 aliphatic heterocycles. The summed E-state index contributed by atoms with van der Waals surface area (Å²) in [5.41, 5.74) is -3.97. The van der Waals surface area contributed by atoms with Crippen LogP contribution in [0.1, 0.15) is 57.1 Å². The summed E-state index contributed by atoms with van der Waals surface area (Å²) in [5, 5.41) is 5.25. The molecule has 2 N–H and O–H groups in total. The van der Waals surface area contributed by atoms with Crippen LogP contribution in [0.3, 0.4) is 0 Å². The molecule has 200 valence electrons. The van der Waals surface area contributed by atoms with Gasteiger partial charge in [0.05, 0.1) is 16.8 Å². The van der Waals surface area contributed by atoms with Crippen molar-refractivity contribution in [3.8, 4) is 0 Å². The van der Waals surface area contributed by atoms with Crippen LogP contribution in [0, 0.1) is 28.6 Å². The summed E-state index contributed by atoms with van der Waals surface area (Å²) in [4.78, 5) is 25.2. The summed E-state index contributed by atoms with van der Waals surface area (Å²) in [7, 11) is 0. The Bertz CT molecular complexity index is 1200. The van der Waals surface area contributed by atoms with Crippen molar-refractivity contribution in [2.45, 2.75) is 64.3 Å². The molecule has 0 bridgehead atoms. The van der Waals surface area contributed by atoms with Gasteiger partial charge in [-0.2, -0.15) is 26.3 Å². The lowest BCUT2D eigenvalue weighted by atomic mass is 9.48. The van der Waals surface area contributed by atoms with Gasteiger partial charge in [0.2, 0.25) is 5.91 Å². The van der Waals surface area contributed by atoms with Crippen LogP contribution in [0.4, 0.5) is 32.0 Å². The van der Waals surface area contributed by atoms with Gasteiger partial charge in [-0.05, 0) is 74.1 Å². The molecule has 4 nitrogen and oxygen atoms in total. The highest BCUT2D eigenvalue weighted by Crippen LogP contribution is 2.63. The van der Waals surface area contributed by atoms with Gasteiger partial charge in [-0.3, -0.25) is 9.59 Å². The number of carbonyl (C=O) groups is 2. The van der Waals surface area contributed by atoms with Gasteiger partial charge in [0.15, 0.2) is 0 Å². The molecule has 3 aliphatic carbocycles. The van der Waals surface area contributed by atoms with Gasteiger partial charge >= 0.3 is 12.4 Å². The number of benzene rings is 1. The van der Waals surface area contributed by atoms with E-state index in [4.69, 9.17) is 0 Å². The smallest absolute Gasteiger partial charge is 0.349 e. The van der Waals surface area contributed by atoms with E-state index in [9.17, 15) is 35.9 Å². The number of amides is 2. The van der Waals surface area contributed by atoms with Crippen molar-refractivity contribution in [2.75, 3.05) is 5.32 Å². The van der Waals surface area contributed by atoms with Crippen molar-refractivity contribution in [2.24, 2.45) is 28.6 Å². The minimum atomic E-state index is -4.93. The Labute approximate surface area is 210 Å². The number of hydrogen-bond acceptors (Lipinski definition) is 2. The molecule has 37 heavy (non-hydrogen) atoms. The number of alkyl halides is 6. The fourth-order valence-electron chi connectivity index (χ4n) is 7.51. The third kappa shape index (κ3) is 4.16. The molecule has 5 unspecified atom stereocenters. The molecule has 1 aromatic rings. The van der Waals surface area contributed by atoms with E-state index >= 15 is 0 Å². The second kappa shape index (κ2) is 8.36. The zero-order valence-corrected chi connectivity index (χ0v) is 20.4. The zero-order chi connectivity index (χ0) is 27.0. The minimum absolute atomic E-state index is 0.0365. The number of anilines is 1. The second-order valence-electron chi connectivity index (χ2n) is 11.2. The van der Waals surface area contributed by atoms with Gasteiger partial charge in [-0.1, -0.05) is 26.0 Å². The van der Waals surface area contributed by atoms with E-state index in [0.29, 0.717) is 36.6 Å². The summed E-state index contributed by atoms with van der Waals surface area (Å²) in [6, 6.07) is 1.10. The Balaban J connectivity index is 1.41. The van der Waals surface area contributed by atoms with E-state index in [0.717, 1.165) is 19.3 Å².